The molecule has 3 aromatic rings. The Hall–Kier alpha value is -3.45. The molecule has 0 spiro atoms. The summed E-state index contributed by atoms with van der Waals surface area (Å²) in [6, 6.07) is 23.1. The van der Waals surface area contributed by atoms with Crippen molar-refractivity contribution in [2.24, 2.45) is 0 Å². The molecule has 0 saturated heterocycles. The molecule has 0 unspecified atom stereocenters. The summed E-state index contributed by atoms with van der Waals surface area (Å²) in [5.41, 5.74) is 3.51. The normalized spacial score (nSPS) is 12.1. The molecule has 0 bridgehead atoms. The smallest absolute Gasteiger partial charge is 0.241 e. The largest absolute Gasteiger partial charge is 0.344 e. The first-order valence-corrected chi connectivity index (χ1v) is 12.0. The van der Waals surface area contributed by atoms with E-state index in [2.05, 4.69) is 5.32 Å². The summed E-state index contributed by atoms with van der Waals surface area (Å²) in [4.78, 5) is 24.8. The number of anilines is 1. The van der Waals surface area contributed by atoms with Gasteiger partial charge in [-0.25, -0.2) is 8.42 Å². The van der Waals surface area contributed by atoms with Gasteiger partial charge in [-0.15, -0.1) is 0 Å². The highest BCUT2D eigenvalue weighted by atomic mass is 32.2. The molecule has 0 aliphatic heterocycles. The van der Waals surface area contributed by atoms with Gasteiger partial charge in [-0.2, -0.15) is 0 Å². The number of aryl methyl sites for hydroxylation is 1. The van der Waals surface area contributed by atoms with Crippen LogP contribution < -0.4 is 9.62 Å². The second kappa shape index (κ2) is 9.78. The molecular formula is C25H26N2O4S. The van der Waals surface area contributed by atoms with Crippen LogP contribution in [0.2, 0.25) is 0 Å². The van der Waals surface area contributed by atoms with E-state index in [1.54, 1.807) is 18.2 Å². The molecule has 0 aliphatic carbocycles. The average Bonchev–Trinajstić information content (AvgIpc) is 2.76. The molecule has 3 rings (SSSR count). The molecule has 0 fully saturated rings. The fourth-order valence-electron chi connectivity index (χ4n) is 3.38. The average molecular weight is 451 g/mol. The highest BCUT2D eigenvalue weighted by Gasteiger charge is 2.24. The lowest BCUT2D eigenvalue weighted by molar-refractivity contribution is -0.120. The molecule has 1 amide bonds. The maximum absolute atomic E-state index is 13.0. The summed E-state index contributed by atoms with van der Waals surface area (Å²) >= 11 is 0. The van der Waals surface area contributed by atoms with Crippen LogP contribution in [-0.4, -0.2) is 32.9 Å². The van der Waals surface area contributed by atoms with Crippen molar-refractivity contribution in [3.05, 3.63) is 101 Å². The van der Waals surface area contributed by atoms with Crippen molar-refractivity contribution in [1.29, 1.82) is 0 Å². The monoisotopic (exact) mass is 450 g/mol. The maximum Gasteiger partial charge on any atom is 0.241 e. The number of carbonyl (C=O) groups is 2. The summed E-state index contributed by atoms with van der Waals surface area (Å²) in [5, 5.41) is 2.97. The molecule has 0 aromatic heterocycles. The number of ketones is 1. The van der Waals surface area contributed by atoms with Crippen LogP contribution in [0.15, 0.2) is 78.9 Å². The highest BCUT2D eigenvalue weighted by Crippen LogP contribution is 2.23. The fourth-order valence-corrected chi connectivity index (χ4v) is 4.23. The first kappa shape index (κ1) is 23.2. The van der Waals surface area contributed by atoms with E-state index in [-0.39, 0.29) is 11.5 Å². The van der Waals surface area contributed by atoms with Crippen molar-refractivity contribution in [3.63, 3.8) is 0 Å². The number of hydrogen-bond acceptors (Lipinski definition) is 4. The third kappa shape index (κ3) is 5.82. The second-order valence-corrected chi connectivity index (χ2v) is 9.60. The molecule has 0 heterocycles. The minimum absolute atomic E-state index is 0.187. The van der Waals surface area contributed by atoms with Gasteiger partial charge in [0.2, 0.25) is 15.9 Å². The minimum Gasteiger partial charge on any atom is -0.344 e. The summed E-state index contributed by atoms with van der Waals surface area (Å²) in [6.45, 7) is 2.98. The number of nitrogens with one attached hydrogen (secondary N) is 1. The molecule has 0 radical (unpaired) electrons. The summed E-state index contributed by atoms with van der Waals surface area (Å²) in [6.07, 6.45) is 1.04. The van der Waals surface area contributed by atoms with Gasteiger partial charge >= 0.3 is 0 Å². The van der Waals surface area contributed by atoms with Crippen molar-refractivity contribution in [2.75, 3.05) is 17.1 Å². The Bertz CT molecular complexity index is 1210. The third-order valence-corrected chi connectivity index (χ3v) is 6.22. The van der Waals surface area contributed by atoms with Crippen LogP contribution in [0.5, 0.6) is 0 Å². The molecule has 7 heteroatoms. The minimum atomic E-state index is -3.76. The predicted molar refractivity (Wildman–Crippen MR) is 126 cm³/mol. The van der Waals surface area contributed by atoms with Crippen LogP contribution in [-0.2, 0) is 14.8 Å². The van der Waals surface area contributed by atoms with E-state index in [1.165, 1.54) is 13.0 Å². The molecule has 3 aromatic carbocycles. The molecule has 32 heavy (non-hydrogen) atoms. The summed E-state index contributed by atoms with van der Waals surface area (Å²) in [7, 11) is -3.76. The fraction of sp³-hybridized carbons (Fsp3) is 0.200. The number of rotatable bonds is 8. The van der Waals surface area contributed by atoms with Crippen LogP contribution in [0, 0.1) is 6.92 Å². The Morgan fingerprint density at radius 2 is 1.53 bits per heavy atom. The Morgan fingerprint density at radius 1 is 0.906 bits per heavy atom. The summed E-state index contributed by atoms with van der Waals surface area (Å²) in [5.74, 6) is -0.647. The lowest BCUT2D eigenvalue weighted by Gasteiger charge is -2.25. The lowest BCUT2D eigenvalue weighted by atomic mass is 9.98. The number of amides is 1. The van der Waals surface area contributed by atoms with Crippen LogP contribution in [0.1, 0.15) is 40.0 Å². The van der Waals surface area contributed by atoms with E-state index < -0.39 is 28.5 Å². The lowest BCUT2D eigenvalue weighted by Crippen LogP contribution is -2.41. The molecular weight excluding hydrogens is 424 g/mol. The summed E-state index contributed by atoms with van der Waals surface area (Å²) < 4.78 is 26.0. The number of Topliss-reactive ketones (excluding diaryl/α,β-unsaturated/α-hetero) is 1. The van der Waals surface area contributed by atoms with Crippen LogP contribution in [0.4, 0.5) is 5.69 Å². The molecule has 6 nitrogen and oxygen atoms in total. The van der Waals surface area contributed by atoms with Crippen molar-refractivity contribution in [3.8, 4) is 0 Å². The van der Waals surface area contributed by atoms with Gasteiger partial charge in [0.1, 0.15) is 6.54 Å². The van der Waals surface area contributed by atoms with E-state index >= 15 is 0 Å². The van der Waals surface area contributed by atoms with Crippen LogP contribution >= 0.6 is 0 Å². The number of sulfonamides is 1. The first-order chi connectivity index (χ1) is 15.1. The van der Waals surface area contributed by atoms with E-state index in [1.807, 2.05) is 61.5 Å². The number of hydrogen-bond donors (Lipinski definition) is 1. The van der Waals surface area contributed by atoms with Crippen molar-refractivity contribution in [1.82, 2.24) is 5.32 Å². The van der Waals surface area contributed by atoms with Crippen molar-refractivity contribution < 1.29 is 18.0 Å². The second-order valence-electron chi connectivity index (χ2n) is 7.70. The van der Waals surface area contributed by atoms with Gasteiger partial charge in [0.25, 0.3) is 0 Å². The van der Waals surface area contributed by atoms with Crippen molar-refractivity contribution in [2.45, 2.75) is 19.9 Å². The Labute approximate surface area is 188 Å². The van der Waals surface area contributed by atoms with Gasteiger partial charge in [-0.3, -0.25) is 13.9 Å². The van der Waals surface area contributed by atoms with Crippen LogP contribution in [0.25, 0.3) is 0 Å². The molecule has 0 saturated carbocycles. The van der Waals surface area contributed by atoms with Gasteiger partial charge in [0.15, 0.2) is 5.78 Å². The Morgan fingerprint density at radius 3 is 2.12 bits per heavy atom. The zero-order valence-electron chi connectivity index (χ0n) is 18.3. The first-order valence-electron chi connectivity index (χ1n) is 10.1. The van der Waals surface area contributed by atoms with Gasteiger partial charge < -0.3 is 5.32 Å². The quantitative estimate of drug-likeness (QED) is 0.528. The van der Waals surface area contributed by atoms with Gasteiger partial charge in [0.05, 0.1) is 18.0 Å². The predicted octanol–water partition coefficient (Wildman–Crippen LogP) is 3.87. The van der Waals surface area contributed by atoms with Crippen molar-refractivity contribution >= 4 is 27.4 Å². The van der Waals surface area contributed by atoms with Gasteiger partial charge in [0, 0.05) is 5.56 Å². The maximum atomic E-state index is 13.0. The van der Waals surface area contributed by atoms with E-state index in [0.29, 0.717) is 5.56 Å². The van der Waals surface area contributed by atoms with Crippen LogP contribution in [0.3, 0.4) is 0 Å². The molecule has 0 aliphatic rings. The van der Waals surface area contributed by atoms with Gasteiger partial charge in [-0.05, 0) is 37.1 Å². The molecule has 1 atom stereocenters. The Kier molecular flexibility index (Phi) is 7.10. The standard InChI is InChI=1S/C25H26N2O4S/c1-18-12-14-21(15-13-18)25(20-8-5-4-6-9-20)26-24(29)17-27(32(3,30)31)23-11-7-10-22(16-23)19(2)28/h4-16,25H,17H2,1-3H3,(H,26,29)/t25-/m0/s1. The van der Waals surface area contributed by atoms with E-state index in [4.69, 9.17) is 0 Å². The zero-order valence-corrected chi connectivity index (χ0v) is 19.1. The number of benzene rings is 3. The Balaban J connectivity index is 1.90. The number of carbonyl (C=O) groups excluding carboxylic acids is 2. The SMILES string of the molecule is CC(=O)c1cccc(N(CC(=O)N[C@@H](c2ccccc2)c2ccc(C)cc2)S(C)(=O)=O)c1. The molecule has 166 valence electrons. The van der Waals surface area contributed by atoms with Gasteiger partial charge in [-0.1, -0.05) is 72.3 Å². The zero-order chi connectivity index (χ0) is 23.3. The third-order valence-electron chi connectivity index (χ3n) is 5.08. The van der Waals surface area contributed by atoms with E-state index in [9.17, 15) is 18.0 Å². The van der Waals surface area contributed by atoms with E-state index in [0.717, 1.165) is 27.3 Å². The number of nitrogens with zero attached hydrogens (tertiary/aromatic N) is 1. The molecule has 1 N–H and O–H groups in total. The highest BCUT2D eigenvalue weighted by molar-refractivity contribution is 7.92. The topological polar surface area (TPSA) is 83.6 Å².